The maximum Gasteiger partial charge on any atom is 0.232 e. The van der Waals surface area contributed by atoms with Crippen LogP contribution in [0.2, 0.25) is 0 Å². The fraction of sp³-hybridized carbons (Fsp3) is 0.250. The third kappa shape index (κ3) is 4.11. The maximum absolute atomic E-state index is 9.06. The van der Waals surface area contributed by atoms with E-state index in [0.29, 0.717) is 24.9 Å². The number of nitriles is 1. The van der Waals surface area contributed by atoms with Crippen LogP contribution in [0.1, 0.15) is 17.1 Å². The lowest BCUT2D eigenvalue weighted by atomic mass is 10.2. The summed E-state index contributed by atoms with van der Waals surface area (Å²) in [4.78, 5) is 4.12. The number of ether oxygens (including phenoxy) is 2. The molecule has 0 aliphatic heterocycles. The van der Waals surface area contributed by atoms with Crippen molar-refractivity contribution >= 4 is 18.0 Å². The molecule has 1 heterocycles. The van der Waals surface area contributed by atoms with E-state index in [0.717, 1.165) is 11.3 Å². The third-order valence-corrected chi connectivity index (χ3v) is 2.85. The number of nitrogens with zero attached hydrogens (tertiary/aromatic N) is 2. The number of anilines is 1. The van der Waals surface area contributed by atoms with Crippen LogP contribution >= 0.6 is 0 Å². The van der Waals surface area contributed by atoms with E-state index in [4.69, 9.17) is 19.2 Å². The van der Waals surface area contributed by atoms with Crippen LogP contribution < -0.4 is 10.1 Å². The number of aromatic nitrogens is 1. The van der Waals surface area contributed by atoms with Gasteiger partial charge < -0.3 is 19.2 Å². The molecule has 0 unspecified atom stereocenters. The average molecular weight is 299 g/mol. The Hall–Kier alpha value is -2.78. The Bertz CT molecular complexity index is 686. The molecular formula is C16H17N3O3. The van der Waals surface area contributed by atoms with E-state index in [1.54, 1.807) is 20.3 Å². The lowest BCUT2D eigenvalue weighted by molar-refractivity contribution is 0.210. The summed E-state index contributed by atoms with van der Waals surface area (Å²) in [5, 5.41) is 12.0. The van der Waals surface area contributed by atoms with Gasteiger partial charge in [0.25, 0.3) is 0 Å². The zero-order chi connectivity index (χ0) is 15.8. The van der Waals surface area contributed by atoms with Gasteiger partial charge in [0.2, 0.25) is 17.5 Å². The first-order valence-electron chi connectivity index (χ1n) is 6.72. The van der Waals surface area contributed by atoms with Gasteiger partial charge in [-0.2, -0.15) is 10.2 Å². The summed E-state index contributed by atoms with van der Waals surface area (Å²) in [6, 6.07) is 9.59. The van der Waals surface area contributed by atoms with Gasteiger partial charge in [0, 0.05) is 19.7 Å². The highest BCUT2D eigenvalue weighted by molar-refractivity contribution is 5.67. The zero-order valence-electron chi connectivity index (χ0n) is 12.5. The van der Waals surface area contributed by atoms with Gasteiger partial charge in [0.1, 0.15) is 11.8 Å². The molecule has 0 amide bonds. The van der Waals surface area contributed by atoms with Gasteiger partial charge in [-0.1, -0.05) is 12.1 Å². The standard InChI is InChI=1S/C16H17N3O3/c1-20-9-8-18-16-14(11-17)19-15(22-16)7-6-12-4-3-5-13(10-12)21-2/h3-7,10,18H,8-9H2,1-2H3. The predicted molar refractivity (Wildman–Crippen MR) is 83.5 cm³/mol. The Morgan fingerprint density at radius 3 is 2.95 bits per heavy atom. The summed E-state index contributed by atoms with van der Waals surface area (Å²) in [5.74, 6) is 1.48. The van der Waals surface area contributed by atoms with Crippen molar-refractivity contribution in [3.05, 3.63) is 41.4 Å². The fourth-order valence-corrected chi connectivity index (χ4v) is 1.78. The summed E-state index contributed by atoms with van der Waals surface area (Å²) in [6.07, 6.45) is 3.55. The minimum Gasteiger partial charge on any atom is -0.497 e. The highest BCUT2D eigenvalue weighted by Crippen LogP contribution is 2.19. The maximum atomic E-state index is 9.06. The Labute approximate surface area is 129 Å². The van der Waals surface area contributed by atoms with Gasteiger partial charge in [-0.05, 0) is 23.8 Å². The van der Waals surface area contributed by atoms with Crippen molar-refractivity contribution in [2.24, 2.45) is 0 Å². The lowest BCUT2D eigenvalue weighted by Crippen LogP contribution is -2.07. The number of methoxy groups -OCH3 is 2. The van der Waals surface area contributed by atoms with Crippen LogP contribution in [0.3, 0.4) is 0 Å². The second kappa shape index (κ2) is 7.86. The van der Waals surface area contributed by atoms with Crippen LogP contribution in [0.15, 0.2) is 28.7 Å². The monoisotopic (exact) mass is 299 g/mol. The number of nitrogens with one attached hydrogen (secondary N) is 1. The van der Waals surface area contributed by atoms with Gasteiger partial charge in [-0.25, -0.2) is 0 Å². The van der Waals surface area contributed by atoms with Crippen LogP contribution in [0.5, 0.6) is 5.75 Å². The number of hydrogen-bond acceptors (Lipinski definition) is 6. The largest absolute Gasteiger partial charge is 0.497 e. The molecule has 0 spiro atoms. The summed E-state index contributed by atoms with van der Waals surface area (Å²) < 4.78 is 15.6. The molecule has 2 rings (SSSR count). The van der Waals surface area contributed by atoms with Crippen molar-refractivity contribution in [3.8, 4) is 11.8 Å². The van der Waals surface area contributed by atoms with Crippen molar-refractivity contribution in [3.63, 3.8) is 0 Å². The summed E-state index contributed by atoms with van der Waals surface area (Å²) in [7, 11) is 3.23. The molecule has 0 saturated carbocycles. The predicted octanol–water partition coefficient (Wildman–Crippen LogP) is 2.78. The molecule has 1 aromatic carbocycles. The van der Waals surface area contributed by atoms with Crippen LogP contribution in [-0.2, 0) is 4.74 Å². The van der Waals surface area contributed by atoms with E-state index in [1.807, 2.05) is 36.4 Å². The molecule has 0 fully saturated rings. The van der Waals surface area contributed by atoms with Crippen molar-refractivity contribution in [1.29, 1.82) is 5.26 Å². The van der Waals surface area contributed by atoms with Gasteiger partial charge >= 0.3 is 0 Å². The highest BCUT2D eigenvalue weighted by atomic mass is 16.5. The van der Waals surface area contributed by atoms with E-state index >= 15 is 0 Å². The quantitative estimate of drug-likeness (QED) is 0.792. The van der Waals surface area contributed by atoms with Gasteiger partial charge in [0.05, 0.1) is 13.7 Å². The van der Waals surface area contributed by atoms with Crippen molar-refractivity contribution in [2.45, 2.75) is 0 Å². The highest BCUT2D eigenvalue weighted by Gasteiger charge is 2.10. The average Bonchev–Trinajstić information content (AvgIpc) is 2.96. The molecule has 22 heavy (non-hydrogen) atoms. The molecule has 0 aliphatic carbocycles. The fourth-order valence-electron chi connectivity index (χ4n) is 1.78. The summed E-state index contributed by atoms with van der Waals surface area (Å²) in [6.45, 7) is 1.06. The number of rotatable bonds is 7. The van der Waals surface area contributed by atoms with E-state index in [1.165, 1.54) is 0 Å². The third-order valence-electron chi connectivity index (χ3n) is 2.85. The van der Waals surface area contributed by atoms with E-state index in [9.17, 15) is 0 Å². The second-order valence-electron chi connectivity index (χ2n) is 4.37. The first-order valence-corrected chi connectivity index (χ1v) is 6.72. The number of oxazole rings is 1. The van der Waals surface area contributed by atoms with Crippen LogP contribution in [-0.4, -0.2) is 32.4 Å². The van der Waals surface area contributed by atoms with Gasteiger partial charge in [-0.15, -0.1) is 0 Å². The van der Waals surface area contributed by atoms with Gasteiger partial charge in [0.15, 0.2) is 0 Å². The van der Waals surface area contributed by atoms with Crippen LogP contribution in [0.25, 0.3) is 12.2 Å². The summed E-state index contributed by atoms with van der Waals surface area (Å²) in [5.41, 5.74) is 1.17. The van der Waals surface area contributed by atoms with E-state index < -0.39 is 0 Å². The molecular weight excluding hydrogens is 282 g/mol. The molecule has 2 aromatic rings. The smallest absolute Gasteiger partial charge is 0.232 e. The van der Waals surface area contributed by atoms with Crippen LogP contribution in [0.4, 0.5) is 5.88 Å². The van der Waals surface area contributed by atoms with E-state index in [2.05, 4.69) is 10.3 Å². The van der Waals surface area contributed by atoms with E-state index in [-0.39, 0.29) is 5.69 Å². The Kier molecular flexibility index (Phi) is 5.57. The minimum absolute atomic E-state index is 0.224. The van der Waals surface area contributed by atoms with Crippen molar-refractivity contribution in [2.75, 3.05) is 32.7 Å². The molecule has 0 saturated heterocycles. The molecule has 0 aliphatic rings. The van der Waals surface area contributed by atoms with Crippen molar-refractivity contribution < 1.29 is 13.9 Å². The van der Waals surface area contributed by atoms with Crippen molar-refractivity contribution in [1.82, 2.24) is 4.98 Å². The Morgan fingerprint density at radius 1 is 1.36 bits per heavy atom. The number of hydrogen-bond donors (Lipinski definition) is 1. The Balaban J connectivity index is 2.12. The molecule has 1 N–H and O–H groups in total. The van der Waals surface area contributed by atoms with Crippen LogP contribution in [0, 0.1) is 11.3 Å². The molecule has 6 heteroatoms. The Morgan fingerprint density at radius 2 is 2.23 bits per heavy atom. The zero-order valence-corrected chi connectivity index (χ0v) is 12.5. The SMILES string of the molecule is COCCNc1oc(C=Cc2cccc(OC)c2)nc1C#N. The summed E-state index contributed by atoms with van der Waals surface area (Å²) >= 11 is 0. The molecule has 6 nitrogen and oxygen atoms in total. The second-order valence-corrected chi connectivity index (χ2v) is 4.37. The topological polar surface area (TPSA) is 80.3 Å². The lowest BCUT2D eigenvalue weighted by Gasteiger charge is -2.00. The number of benzene rings is 1. The molecule has 0 bridgehead atoms. The normalized spacial score (nSPS) is 10.6. The molecule has 0 radical (unpaired) electrons. The minimum atomic E-state index is 0.224. The molecule has 0 atom stereocenters. The molecule has 114 valence electrons. The molecule has 1 aromatic heterocycles. The first-order chi connectivity index (χ1) is 10.8. The van der Waals surface area contributed by atoms with Gasteiger partial charge in [-0.3, -0.25) is 0 Å². The first kappa shape index (κ1) is 15.6.